The van der Waals surface area contributed by atoms with E-state index < -0.39 is 10.0 Å². The number of rotatable bonds is 5. The highest BCUT2D eigenvalue weighted by Gasteiger charge is 2.30. The highest BCUT2D eigenvalue weighted by molar-refractivity contribution is 14.1. The molecule has 1 fully saturated rings. The molecule has 0 saturated carbocycles. The average molecular weight is 422 g/mol. The lowest BCUT2D eigenvalue weighted by Crippen LogP contribution is -2.43. The van der Waals surface area contributed by atoms with E-state index in [4.69, 9.17) is 0 Å². The van der Waals surface area contributed by atoms with Crippen LogP contribution in [0.2, 0.25) is 0 Å². The molecule has 1 N–H and O–H groups in total. The van der Waals surface area contributed by atoms with Crippen LogP contribution in [-0.2, 0) is 10.0 Å². The first-order valence-corrected chi connectivity index (χ1v) is 9.90. The van der Waals surface area contributed by atoms with Gasteiger partial charge in [0.25, 0.3) is 0 Å². The summed E-state index contributed by atoms with van der Waals surface area (Å²) in [5, 5.41) is 3.41. The van der Waals surface area contributed by atoms with E-state index in [1.54, 1.807) is 16.4 Å². The van der Waals surface area contributed by atoms with Gasteiger partial charge in [0.1, 0.15) is 0 Å². The molecule has 1 aromatic rings. The summed E-state index contributed by atoms with van der Waals surface area (Å²) in [6.07, 6.45) is 2.03. The van der Waals surface area contributed by atoms with Crippen LogP contribution in [-0.4, -0.2) is 38.4 Å². The SMILES string of the molecule is CC(C)NCC1CCCN(S(=O)(=O)c2ccc(I)cc2)C1. The van der Waals surface area contributed by atoms with Crippen LogP contribution in [0.15, 0.2) is 29.2 Å². The predicted octanol–water partition coefficient (Wildman–Crippen LogP) is 2.69. The number of hydrogen-bond donors (Lipinski definition) is 1. The molecule has 1 aliphatic rings. The largest absolute Gasteiger partial charge is 0.314 e. The Labute approximate surface area is 141 Å². The van der Waals surface area contributed by atoms with Gasteiger partial charge in [-0.1, -0.05) is 13.8 Å². The zero-order valence-electron chi connectivity index (χ0n) is 12.5. The molecule has 1 aliphatic heterocycles. The van der Waals surface area contributed by atoms with E-state index in [1.807, 2.05) is 12.1 Å². The number of sulfonamides is 1. The fraction of sp³-hybridized carbons (Fsp3) is 0.600. The van der Waals surface area contributed by atoms with Crippen LogP contribution < -0.4 is 5.32 Å². The summed E-state index contributed by atoms with van der Waals surface area (Å²) in [6, 6.07) is 7.53. The second-order valence-corrected chi connectivity index (χ2v) is 9.07. The van der Waals surface area contributed by atoms with E-state index in [1.165, 1.54) is 0 Å². The zero-order chi connectivity index (χ0) is 15.5. The van der Waals surface area contributed by atoms with E-state index >= 15 is 0 Å². The second kappa shape index (κ2) is 7.39. The Morgan fingerprint density at radius 3 is 2.62 bits per heavy atom. The third-order valence-electron chi connectivity index (χ3n) is 3.75. The first-order valence-electron chi connectivity index (χ1n) is 7.38. The van der Waals surface area contributed by atoms with Crippen LogP contribution >= 0.6 is 22.6 Å². The highest BCUT2D eigenvalue weighted by atomic mass is 127. The van der Waals surface area contributed by atoms with Crippen molar-refractivity contribution >= 4 is 32.6 Å². The molecule has 1 unspecified atom stereocenters. The second-order valence-electron chi connectivity index (χ2n) is 5.89. The van der Waals surface area contributed by atoms with Crippen molar-refractivity contribution in [2.45, 2.75) is 37.6 Å². The normalized spacial score (nSPS) is 20.9. The van der Waals surface area contributed by atoms with Crippen LogP contribution in [0, 0.1) is 9.49 Å². The van der Waals surface area contributed by atoms with Crippen molar-refractivity contribution in [2.24, 2.45) is 5.92 Å². The summed E-state index contributed by atoms with van der Waals surface area (Å²) < 4.78 is 28.1. The van der Waals surface area contributed by atoms with Gasteiger partial charge < -0.3 is 5.32 Å². The van der Waals surface area contributed by atoms with Crippen molar-refractivity contribution in [3.05, 3.63) is 27.8 Å². The average Bonchev–Trinajstić information content (AvgIpc) is 2.46. The molecule has 4 nitrogen and oxygen atoms in total. The summed E-state index contributed by atoms with van der Waals surface area (Å²) in [5.74, 6) is 0.403. The molecule has 0 amide bonds. The first-order chi connectivity index (χ1) is 9.89. The number of hydrogen-bond acceptors (Lipinski definition) is 3. The fourth-order valence-electron chi connectivity index (χ4n) is 2.57. The van der Waals surface area contributed by atoms with Crippen molar-refractivity contribution in [1.29, 1.82) is 0 Å². The van der Waals surface area contributed by atoms with Crippen LogP contribution in [0.3, 0.4) is 0 Å². The maximum Gasteiger partial charge on any atom is 0.243 e. The molecule has 21 heavy (non-hydrogen) atoms. The van der Waals surface area contributed by atoms with Gasteiger partial charge in [-0.3, -0.25) is 0 Å². The van der Waals surface area contributed by atoms with Gasteiger partial charge in [0, 0.05) is 22.7 Å². The first kappa shape index (κ1) is 17.2. The Morgan fingerprint density at radius 1 is 1.33 bits per heavy atom. The highest BCUT2D eigenvalue weighted by Crippen LogP contribution is 2.24. The van der Waals surface area contributed by atoms with E-state index in [0.29, 0.717) is 29.9 Å². The topological polar surface area (TPSA) is 49.4 Å². The monoisotopic (exact) mass is 422 g/mol. The minimum Gasteiger partial charge on any atom is -0.314 e. The van der Waals surface area contributed by atoms with Crippen molar-refractivity contribution < 1.29 is 8.42 Å². The van der Waals surface area contributed by atoms with Gasteiger partial charge in [0.2, 0.25) is 10.0 Å². The minimum absolute atomic E-state index is 0.403. The van der Waals surface area contributed by atoms with Crippen molar-refractivity contribution in [2.75, 3.05) is 19.6 Å². The summed E-state index contributed by atoms with van der Waals surface area (Å²) in [5.41, 5.74) is 0. The maximum absolute atomic E-state index is 12.7. The maximum atomic E-state index is 12.7. The summed E-state index contributed by atoms with van der Waals surface area (Å²) in [6.45, 7) is 6.36. The van der Waals surface area contributed by atoms with Gasteiger partial charge in [-0.05, 0) is 72.2 Å². The Bertz CT molecular complexity index is 558. The van der Waals surface area contributed by atoms with Crippen molar-refractivity contribution in [1.82, 2.24) is 9.62 Å². The Balaban J connectivity index is 2.07. The van der Waals surface area contributed by atoms with Gasteiger partial charge in [0.15, 0.2) is 0 Å². The Morgan fingerprint density at radius 2 is 2.00 bits per heavy atom. The summed E-state index contributed by atoms with van der Waals surface area (Å²) in [4.78, 5) is 0.403. The van der Waals surface area contributed by atoms with Gasteiger partial charge in [0.05, 0.1) is 4.90 Å². The Kier molecular flexibility index (Phi) is 6.05. The number of halogens is 1. The smallest absolute Gasteiger partial charge is 0.243 e. The molecule has 1 heterocycles. The lowest BCUT2D eigenvalue weighted by Gasteiger charge is -2.32. The number of nitrogens with one attached hydrogen (secondary N) is 1. The minimum atomic E-state index is -3.35. The lowest BCUT2D eigenvalue weighted by atomic mass is 9.99. The summed E-state index contributed by atoms with van der Waals surface area (Å²) in [7, 11) is -3.35. The standard InChI is InChI=1S/C15H23IN2O2S/c1-12(2)17-10-13-4-3-9-18(11-13)21(19,20)15-7-5-14(16)6-8-15/h5-8,12-13,17H,3-4,9-11H2,1-2H3. The number of piperidine rings is 1. The van der Waals surface area contributed by atoms with Gasteiger partial charge in [-0.2, -0.15) is 4.31 Å². The van der Waals surface area contributed by atoms with Crippen LogP contribution in [0.5, 0.6) is 0 Å². The summed E-state index contributed by atoms with van der Waals surface area (Å²) >= 11 is 2.18. The molecule has 1 saturated heterocycles. The third kappa shape index (κ3) is 4.64. The molecular weight excluding hydrogens is 399 g/mol. The fourth-order valence-corrected chi connectivity index (χ4v) is 4.48. The third-order valence-corrected chi connectivity index (χ3v) is 6.35. The molecule has 0 radical (unpaired) electrons. The van der Waals surface area contributed by atoms with E-state index in [-0.39, 0.29) is 0 Å². The molecular formula is C15H23IN2O2S. The quantitative estimate of drug-likeness (QED) is 0.743. The molecule has 2 rings (SSSR count). The molecule has 118 valence electrons. The van der Waals surface area contributed by atoms with Gasteiger partial charge in [-0.25, -0.2) is 8.42 Å². The molecule has 1 atom stereocenters. The number of benzene rings is 1. The molecule has 6 heteroatoms. The van der Waals surface area contributed by atoms with Crippen molar-refractivity contribution in [3.8, 4) is 0 Å². The van der Waals surface area contributed by atoms with E-state index in [0.717, 1.165) is 23.0 Å². The Hall–Kier alpha value is -0.180. The lowest BCUT2D eigenvalue weighted by molar-refractivity contribution is 0.256. The molecule has 0 aromatic heterocycles. The van der Waals surface area contributed by atoms with Gasteiger partial charge >= 0.3 is 0 Å². The van der Waals surface area contributed by atoms with Crippen LogP contribution in [0.1, 0.15) is 26.7 Å². The predicted molar refractivity (Wildman–Crippen MR) is 93.8 cm³/mol. The van der Waals surface area contributed by atoms with Gasteiger partial charge in [-0.15, -0.1) is 0 Å². The number of nitrogens with zero attached hydrogens (tertiary/aromatic N) is 1. The molecule has 0 bridgehead atoms. The zero-order valence-corrected chi connectivity index (χ0v) is 15.5. The molecule has 0 spiro atoms. The van der Waals surface area contributed by atoms with Crippen molar-refractivity contribution in [3.63, 3.8) is 0 Å². The van der Waals surface area contributed by atoms with Crippen LogP contribution in [0.25, 0.3) is 0 Å². The van der Waals surface area contributed by atoms with Crippen LogP contribution in [0.4, 0.5) is 0 Å². The van der Waals surface area contributed by atoms with E-state index in [2.05, 4.69) is 41.8 Å². The molecule has 0 aliphatic carbocycles. The van der Waals surface area contributed by atoms with E-state index in [9.17, 15) is 8.42 Å². The molecule has 1 aromatic carbocycles.